The summed E-state index contributed by atoms with van der Waals surface area (Å²) in [5.74, 6) is 1.48. The van der Waals surface area contributed by atoms with Crippen LogP contribution < -0.4 is 5.32 Å². The van der Waals surface area contributed by atoms with Gasteiger partial charge in [-0.2, -0.15) is 0 Å². The second kappa shape index (κ2) is 4.92. The Morgan fingerprint density at radius 3 is 2.53 bits per heavy atom. The molecule has 2 saturated carbocycles. The normalized spacial score (nSPS) is 30.7. The summed E-state index contributed by atoms with van der Waals surface area (Å²) < 4.78 is 6.08. The van der Waals surface area contributed by atoms with Crippen LogP contribution in [0.2, 0.25) is 0 Å². The zero-order valence-corrected chi connectivity index (χ0v) is 11.5. The molecule has 1 aliphatic heterocycles. The molecule has 1 aromatic rings. The lowest BCUT2D eigenvalue weighted by Gasteiger charge is -2.22. The molecule has 2 aliphatic carbocycles. The van der Waals surface area contributed by atoms with E-state index >= 15 is 0 Å². The number of ether oxygens (including phenoxy) is 1. The molecule has 0 aromatic heterocycles. The molecule has 3 aliphatic rings. The van der Waals surface area contributed by atoms with Gasteiger partial charge < -0.3 is 10.1 Å². The Kier molecular flexibility index (Phi) is 3.08. The molecule has 1 aromatic carbocycles. The lowest BCUT2D eigenvalue weighted by atomic mass is 9.90. The van der Waals surface area contributed by atoms with E-state index in [0.717, 1.165) is 25.1 Å². The fourth-order valence-electron chi connectivity index (χ4n) is 3.33. The highest BCUT2D eigenvalue weighted by atomic mass is 16.5. The number of benzene rings is 1. The van der Waals surface area contributed by atoms with E-state index in [9.17, 15) is 0 Å². The van der Waals surface area contributed by atoms with Gasteiger partial charge in [0.2, 0.25) is 0 Å². The van der Waals surface area contributed by atoms with Gasteiger partial charge in [-0.25, -0.2) is 0 Å². The zero-order chi connectivity index (χ0) is 12.7. The van der Waals surface area contributed by atoms with Crippen molar-refractivity contribution in [2.75, 3.05) is 13.2 Å². The fourth-order valence-corrected chi connectivity index (χ4v) is 3.33. The monoisotopic (exact) mass is 257 g/mol. The molecular weight excluding hydrogens is 234 g/mol. The second-order valence-corrected chi connectivity index (χ2v) is 6.43. The van der Waals surface area contributed by atoms with Crippen LogP contribution in [-0.2, 0) is 4.74 Å². The van der Waals surface area contributed by atoms with Gasteiger partial charge >= 0.3 is 0 Å². The van der Waals surface area contributed by atoms with E-state index in [1.807, 2.05) is 0 Å². The van der Waals surface area contributed by atoms with Crippen molar-refractivity contribution in [1.82, 2.24) is 5.32 Å². The van der Waals surface area contributed by atoms with Crippen LogP contribution in [0, 0.1) is 5.92 Å². The number of rotatable bonds is 5. The molecule has 1 saturated heterocycles. The van der Waals surface area contributed by atoms with Gasteiger partial charge in [-0.15, -0.1) is 0 Å². The molecule has 3 fully saturated rings. The van der Waals surface area contributed by atoms with Crippen LogP contribution in [0.3, 0.4) is 0 Å². The molecular formula is C17H23NO. The average Bonchev–Trinajstić information content (AvgIpc) is 3.36. The number of hydrogen-bond donors (Lipinski definition) is 1. The highest BCUT2D eigenvalue weighted by Gasteiger charge is 2.35. The Morgan fingerprint density at radius 1 is 1.00 bits per heavy atom. The summed E-state index contributed by atoms with van der Waals surface area (Å²) in [6.07, 6.45) is 7.03. The van der Waals surface area contributed by atoms with Crippen LogP contribution in [0.25, 0.3) is 0 Å². The lowest BCUT2D eigenvalue weighted by molar-refractivity contribution is 0.0897. The van der Waals surface area contributed by atoms with Gasteiger partial charge in [0.25, 0.3) is 0 Å². The van der Waals surface area contributed by atoms with E-state index in [0.29, 0.717) is 12.0 Å². The molecule has 0 amide bonds. The maximum absolute atomic E-state index is 6.08. The highest BCUT2D eigenvalue weighted by molar-refractivity contribution is 5.35. The topological polar surface area (TPSA) is 21.3 Å². The first-order valence-corrected chi connectivity index (χ1v) is 7.85. The van der Waals surface area contributed by atoms with E-state index in [1.165, 1.54) is 37.7 Å². The summed E-state index contributed by atoms with van der Waals surface area (Å²) in [6, 6.07) is 9.78. The Morgan fingerprint density at radius 2 is 1.79 bits per heavy atom. The van der Waals surface area contributed by atoms with Crippen LogP contribution in [0.4, 0.5) is 0 Å². The minimum Gasteiger partial charge on any atom is -0.373 e. The first-order valence-electron chi connectivity index (χ1n) is 7.85. The third-order valence-electron chi connectivity index (χ3n) is 4.78. The predicted octanol–water partition coefficient (Wildman–Crippen LogP) is 3.39. The van der Waals surface area contributed by atoms with Crippen molar-refractivity contribution in [1.29, 1.82) is 0 Å². The summed E-state index contributed by atoms with van der Waals surface area (Å²) in [5, 5.41) is 3.68. The van der Waals surface area contributed by atoms with Crippen LogP contribution >= 0.6 is 0 Å². The number of hydrogen-bond acceptors (Lipinski definition) is 2. The molecule has 0 bridgehead atoms. The van der Waals surface area contributed by atoms with Gasteiger partial charge in [0.1, 0.15) is 0 Å². The van der Waals surface area contributed by atoms with Gasteiger partial charge in [0.05, 0.1) is 6.10 Å². The van der Waals surface area contributed by atoms with Crippen molar-refractivity contribution in [3.05, 3.63) is 35.4 Å². The van der Waals surface area contributed by atoms with Crippen molar-refractivity contribution in [3.8, 4) is 0 Å². The molecule has 2 unspecified atom stereocenters. The van der Waals surface area contributed by atoms with Crippen LogP contribution in [-0.4, -0.2) is 19.2 Å². The standard InChI is InChI=1S/C17H23NO/c1-2-4-16(15(3-1)12-5-6-12)17-13(9-10-19-17)11-18-14-7-8-14/h1-4,12-14,17-18H,5-11H2. The van der Waals surface area contributed by atoms with Crippen molar-refractivity contribution >= 4 is 0 Å². The fraction of sp³-hybridized carbons (Fsp3) is 0.647. The smallest absolute Gasteiger partial charge is 0.0868 e. The summed E-state index contributed by atoms with van der Waals surface area (Å²) >= 11 is 0. The van der Waals surface area contributed by atoms with E-state index in [-0.39, 0.29) is 0 Å². The van der Waals surface area contributed by atoms with Gasteiger partial charge in [0.15, 0.2) is 0 Å². The van der Waals surface area contributed by atoms with Crippen LogP contribution in [0.5, 0.6) is 0 Å². The van der Waals surface area contributed by atoms with Crippen LogP contribution in [0.1, 0.15) is 55.3 Å². The minimum atomic E-state index is 0.336. The Hall–Kier alpha value is -0.860. The largest absolute Gasteiger partial charge is 0.373 e. The average molecular weight is 257 g/mol. The number of nitrogens with one attached hydrogen (secondary N) is 1. The molecule has 1 N–H and O–H groups in total. The van der Waals surface area contributed by atoms with Gasteiger partial charge in [-0.3, -0.25) is 0 Å². The maximum Gasteiger partial charge on any atom is 0.0868 e. The van der Waals surface area contributed by atoms with Gasteiger partial charge in [-0.1, -0.05) is 24.3 Å². The van der Waals surface area contributed by atoms with Crippen molar-refractivity contribution < 1.29 is 4.74 Å². The highest BCUT2D eigenvalue weighted by Crippen LogP contribution is 2.46. The molecule has 4 rings (SSSR count). The summed E-state index contributed by atoms with van der Waals surface area (Å²) in [5.41, 5.74) is 3.04. The minimum absolute atomic E-state index is 0.336. The van der Waals surface area contributed by atoms with Crippen LogP contribution in [0.15, 0.2) is 24.3 Å². The van der Waals surface area contributed by atoms with Gasteiger partial charge in [-0.05, 0) is 49.1 Å². The maximum atomic E-state index is 6.08. The first-order chi connectivity index (χ1) is 9.42. The summed E-state index contributed by atoms with van der Waals surface area (Å²) in [7, 11) is 0. The SMILES string of the molecule is c1ccc(C2OCCC2CNC2CC2)c(C2CC2)c1. The zero-order valence-electron chi connectivity index (χ0n) is 11.5. The summed E-state index contributed by atoms with van der Waals surface area (Å²) in [4.78, 5) is 0. The third-order valence-corrected chi connectivity index (χ3v) is 4.78. The van der Waals surface area contributed by atoms with Crippen molar-refractivity contribution in [2.45, 2.75) is 50.2 Å². The molecule has 19 heavy (non-hydrogen) atoms. The second-order valence-electron chi connectivity index (χ2n) is 6.43. The Labute approximate surface area is 115 Å². The van der Waals surface area contributed by atoms with E-state index in [1.54, 1.807) is 5.56 Å². The molecule has 102 valence electrons. The molecule has 2 nitrogen and oxygen atoms in total. The van der Waals surface area contributed by atoms with Crippen molar-refractivity contribution in [2.24, 2.45) is 5.92 Å². The van der Waals surface area contributed by atoms with E-state index in [2.05, 4.69) is 29.6 Å². The third kappa shape index (κ3) is 2.56. The van der Waals surface area contributed by atoms with Crippen molar-refractivity contribution in [3.63, 3.8) is 0 Å². The quantitative estimate of drug-likeness (QED) is 0.873. The Bertz CT molecular complexity index is 450. The molecule has 2 heteroatoms. The molecule has 2 atom stereocenters. The van der Waals surface area contributed by atoms with E-state index in [4.69, 9.17) is 4.74 Å². The molecule has 0 radical (unpaired) electrons. The molecule has 1 heterocycles. The van der Waals surface area contributed by atoms with E-state index < -0.39 is 0 Å². The Balaban J connectivity index is 1.52. The van der Waals surface area contributed by atoms with Gasteiger partial charge in [0, 0.05) is 25.1 Å². The first kappa shape index (κ1) is 11.9. The molecule has 0 spiro atoms. The predicted molar refractivity (Wildman–Crippen MR) is 76.2 cm³/mol. The summed E-state index contributed by atoms with van der Waals surface area (Å²) in [6.45, 7) is 2.06. The lowest BCUT2D eigenvalue weighted by Crippen LogP contribution is -2.26.